The number of halogens is 1. The first-order chi connectivity index (χ1) is 10.3. The van der Waals surface area contributed by atoms with Crippen LogP contribution >= 0.6 is 0 Å². The largest absolute Gasteiger partial charge is 0.325 e. The fraction of sp³-hybridized carbons (Fsp3) is 0.375. The molecule has 5 heteroatoms. The fourth-order valence-corrected chi connectivity index (χ4v) is 2.23. The van der Waals surface area contributed by atoms with Crippen LogP contribution in [-0.2, 0) is 6.54 Å². The molecule has 2 aromatic rings. The molecule has 21 heavy (non-hydrogen) atoms. The Morgan fingerprint density at radius 3 is 2.48 bits per heavy atom. The van der Waals surface area contributed by atoms with Crippen molar-refractivity contribution in [2.75, 3.05) is 11.4 Å². The summed E-state index contributed by atoms with van der Waals surface area (Å²) in [6, 6.07) is 11.0. The van der Waals surface area contributed by atoms with Gasteiger partial charge in [-0.15, -0.1) is 5.10 Å². The minimum atomic E-state index is -0.234. The van der Waals surface area contributed by atoms with E-state index in [4.69, 9.17) is 0 Å². The number of hydrogen-bond acceptors (Lipinski definition) is 4. The van der Waals surface area contributed by atoms with E-state index >= 15 is 0 Å². The predicted octanol–water partition coefficient (Wildman–Crippen LogP) is 3.03. The summed E-state index contributed by atoms with van der Waals surface area (Å²) in [5, 5.41) is 12.0. The predicted molar refractivity (Wildman–Crippen MR) is 81.0 cm³/mol. The molecule has 1 aliphatic rings. The fourth-order valence-electron chi connectivity index (χ4n) is 2.23. The number of nitrogens with one attached hydrogen (secondary N) is 1. The maximum Gasteiger partial charge on any atom is 0.155 e. The lowest BCUT2D eigenvalue weighted by Gasteiger charge is -2.21. The van der Waals surface area contributed by atoms with Gasteiger partial charge in [0.2, 0.25) is 0 Å². The molecule has 4 nitrogen and oxygen atoms in total. The monoisotopic (exact) mass is 286 g/mol. The maximum absolute atomic E-state index is 13.0. The number of hydrogen-bond donors (Lipinski definition) is 1. The van der Waals surface area contributed by atoms with Crippen molar-refractivity contribution in [3.8, 4) is 0 Å². The highest BCUT2D eigenvalue weighted by molar-refractivity contribution is 5.59. The second-order valence-electron chi connectivity index (χ2n) is 5.26. The molecular weight excluding hydrogens is 267 g/mol. The average Bonchev–Trinajstić information content (AvgIpc) is 3.33. The van der Waals surface area contributed by atoms with Crippen molar-refractivity contribution < 1.29 is 4.39 Å². The van der Waals surface area contributed by atoms with Gasteiger partial charge in [0, 0.05) is 24.8 Å². The van der Waals surface area contributed by atoms with Gasteiger partial charge in [0.25, 0.3) is 0 Å². The van der Waals surface area contributed by atoms with E-state index in [2.05, 4.69) is 15.5 Å². The Bertz CT molecular complexity index is 578. The molecule has 1 aromatic heterocycles. The third kappa shape index (κ3) is 3.55. The number of aromatic nitrogens is 2. The van der Waals surface area contributed by atoms with Gasteiger partial charge < -0.3 is 10.2 Å². The van der Waals surface area contributed by atoms with Crippen molar-refractivity contribution in [1.82, 2.24) is 15.5 Å². The molecule has 1 fully saturated rings. The summed E-state index contributed by atoms with van der Waals surface area (Å²) in [5.41, 5.74) is 1.86. The normalized spacial score (nSPS) is 14.2. The highest BCUT2D eigenvalue weighted by Crippen LogP contribution is 2.23. The van der Waals surface area contributed by atoms with Gasteiger partial charge >= 0.3 is 0 Å². The van der Waals surface area contributed by atoms with Crippen LogP contribution in [0.1, 0.15) is 25.5 Å². The zero-order chi connectivity index (χ0) is 14.7. The number of rotatable bonds is 6. The third-order valence-electron chi connectivity index (χ3n) is 3.59. The van der Waals surface area contributed by atoms with Crippen molar-refractivity contribution in [3.05, 3.63) is 47.9 Å². The molecular formula is C16H19FN4. The molecule has 0 spiro atoms. The molecule has 1 aliphatic carbocycles. The molecule has 0 radical (unpaired) electrons. The molecule has 0 aliphatic heterocycles. The molecule has 110 valence electrons. The molecule has 0 saturated heterocycles. The Kier molecular flexibility index (Phi) is 4.10. The standard InChI is InChI=1S/C16H19FN4/c1-2-21(15-8-3-12(17)4-9-15)16-10-7-14(19-20-16)11-18-13-5-6-13/h3-4,7-10,13,18H,2,5-6,11H2,1H3. The van der Waals surface area contributed by atoms with Gasteiger partial charge in [-0.05, 0) is 56.2 Å². The number of benzene rings is 1. The van der Waals surface area contributed by atoms with Crippen LogP contribution in [0, 0.1) is 5.82 Å². The van der Waals surface area contributed by atoms with Crippen molar-refractivity contribution in [2.24, 2.45) is 0 Å². The summed E-state index contributed by atoms with van der Waals surface area (Å²) in [6.07, 6.45) is 2.53. The van der Waals surface area contributed by atoms with E-state index in [-0.39, 0.29) is 5.82 Å². The SMILES string of the molecule is CCN(c1ccc(F)cc1)c1ccc(CNC2CC2)nn1. The zero-order valence-corrected chi connectivity index (χ0v) is 12.1. The van der Waals surface area contributed by atoms with Crippen molar-refractivity contribution in [3.63, 3.8) is 0 Å². The summed E-state index contributed by atoms with van der Waals surface area (Å²) < 4.78 is 13.0. The number of anilines is 2. The molecule has 0 amide bonds. The van der Waals surface area contributed by atoms with Gasteiger partial charge in [-0.1, -0.05) is 0 Å². The summed E-state index contributed by atoms with van der Waals surface area (Å²) >= 11 is 0. The van der Waals surface area contributed by atoms with Crippen molar-refractivity contribution in [2.45, 2.75) is 32.4 Å². The minimum Gasteiger partial charge on any atom is -0.325 e. The molecule has 0 unspecified atom stereocenters. The first kappa shape index (κ1) is 13.9. The van der Waals surface area contributed by atoms with Crippen LogP contribution in [0.2, 0.25) is 0 Å². The lowest BCUT2D eigenvalue weighted by atomic mass is 10.2. The molecule has 0 bridgehead atoms. The lowest BCUT2D eigenvalue weighted by molar-refractivity contribution is 0.627. The Morgan fingerprint density at radius 2 is 1.90 bits per heavy atom. The van der Waals surface area contributed by atoms with Gasteiger partial charge in [0.15, 0.2) is 5.82 Å². The van der Waals surface area contributed by atoms with Crippen LogP contribution in [0.25, 0.3) is 0 Å². The van der Waals surface area contributed by atoms with Crippen LogP contribution in [0.4, 0.5) is 15.9 Å². The first-order valence-corrected chi connectivity index (χ1v) is 7.35. The summed E-state index contributed by atoms with van der Waals surface area (Å²) in [7, 11) is 0. The highest BCUT2D eigenvalue weighted by atomic mass is 19.1. The minimum absolute atomic E-state index is 0.234. The van der Waals surface area contributed by atoms with E-state index in [1.165, 1.54) is 25.0 Å². The zero-order valence-electron chi connectivity index (χ0n) is 12.1. The average molecular weight is 286 g/mol. The van der Waals surface area contributed by atoms with E-state index in [1.807, 2.05) is 24.0 Å². The molecule has 1 saturated carbocycles. The smallest absolute Gasteiger partial charge is 0.155 e. The topological polar surface area (TPSA) is 41.0 Å². The van der Waals surface area contributed by atoms with Gasteiger partial charge in [0.1, 0.15) is 5.82 Å². The molecule has 3 rings (SSSR count). The Labute approximate surface area is 124 Å². The van der Waals surface area contributed by atoms with Crippen molar-refractivity contribution >= 4 is 11.5 Å². The van der Waals surface area contributed by atoms with Crippen LogP contribution in [0.5, 0.6) is 0 Å². The molecule has 1 heterocycles. The third-order valence-corrected chi connectivity index (χ3v) is 3.59. The van der Waals surface area contributed by atoms with E-state index in [1.54, 1.807) is 12.1 Å². The molecule has 1 N–H and O–H groups in total. The van der Waals surface area contributed by atoms with E-state index in [0.29, 0.717) is 6.04 Å². The summed E-state index contributed by atoms with van der Waals surface area (Å²) in [6.45, 7) is 3.55. The van der Waals surface area contributed by atoms with E-state index in [0.717, 1.165) is 30.3 Å². The van der Waals surface area contributed by atoms with Crippen molar-refractivity contribution in [1.29, 1.82) is 0 Å². The first-order valence-electron chi connectivity index (χ1n) is 7.35. The maximum atomic E-state index is 13.0. The summed E-state index contributed by atoms with van der Waals surface area (Å²) in [5.74, 6) is 0.543. The van der Waals surface area contributed by atoms with Gasteiger partial charge in [-0.2, -0.15) is 5.10 Å². The summed E-state index contributed by atoms with van der Waals surface area (Å²) in [4.78, 5) is 2.00. The lowest BCUT2D eigenvalue weighted by Crippen LogP contribution is -2.19. The van der Waals surface area contributed by atoms with E-state index < -0.39 is 0 Å². The van der Waals surface area contributed by atoms with Crippen LogP contribution < -0.4 is 10.2 Å². The second kappa shape index (κ2) is 6.18. The Hall–Kier alpha value is -2.01. The van der Waals surface area contributed by atoms with Gasteiger partial charge in [-0.25, -0.2) is 4.39 Å². The van der Waals surface area contributed by atoms with Gasteiger partial charge in [0.05, 0.1) is 5.69 Å². The Balaban J connectivity index is 1.72. The second-order valence-corrected chi connectivity index (χ2v) is 5.26. The quantitative estimate of drug-likeness (QED) is 0.886. The van der Waals surface area contributed by atoms with Crippen LogP contribution in [0.15, 0.2) is 36.4 Å². The Morgan fingerprint density at radius 1 is 1.14 bits per heavy atom. The number of nitrogens with zero attached hydrogens (tertiary/aromatic N) is 3. The van der Waals surface area contributed by atoms with Crippen LogP contribution in [0.3, 0.4) is 0 Å². The molecule has 0 atom stereocenters. The molecule has 1 aromatic carbocycles. The van der Waals surface area contributed by atoms with Crippen LogP contribution in [-0.4, -0.2) is 22.8 Å². The van der Waals surface area contributed by atoms with E-state index in [9.17, 15) is 4.39 Å². The highest BCUT2D eigenvalue weighted by Gasteiger charge is 2.20. The van der Waals surface area contributed by atoms with Gasteiger partial charge in [-0.3, -0.25) is 0 Å².